The maximum absolute atomic E-state index is 6.97. The Morgan fingerprint density at radius 2 is 1.81 bits per heavy atom. The van der Waals surface area contributed by atoms with Crippen molar-refractivity contribution in [1.82, 2.24) is 0 Å². The van der Waals surface area contributed by atoms with Gasteiger partial charge in [-0.15, -0.1) is 0 Å². The van der Waals surface area contributed by atoms with Crippen LogP contribution in [0.15, 0.2) is 0 Å². The van der Waals surface area contributed by atoms with Gasteiger partial charge in [0.05, 0.1) is 0 Å². The zero-order chi connectivity index (χ0) is 19.4. The van der Waals surface area contributed by atoms with Gasteiger partial charge in [-0.05, 0) is 0 Å². The van der Waals surface area contributed by atoms with Gasteiger partial charge in [0.25, 0.3) is 0 Å². The third-order valence-corrected chi connectivity index (χ3v) is 10.6. The number of hydrogen-bond donors (Lipinski definition) is 2. The summed E-state index contributed by atoms with van der Waals surface area (Å²) in [6.45, 7) is 7.82. The Bertz CT molecular complexity index is 579. The van der Waals surface area contributed by atoms with Gasteiger partial charge in [-0.1, -0.05) is 6.42 Å². The zero-order valence-electron chi connectivity index (χ0n) is 18.1. The number of fused-ring (bicyclic) bond motifs is 5. The monoisotopic (exact) mass is 387 g/mol. The van der Waals surface area contributed by atoms with Gasteiger partial charge in [-0.25, -0.2) is 0 Å². The molecule has 9 atom stereocenters. The van der Waals surface area contributed by atoms with Crippen LogP contribution in [0.25, 0.3) is 0 Å². The van der Waals surface area contributed by atoms with Gasteiger partial charge in [0.2, 0.25) is 0 Å². The van der Waals surface area contributed by atoms with Crippen LogP contribution in [-0.4, -0.2) is 18.3 Å². The number of hydrogen-bond acceptors (Lipinski definition) is 2. The maximum atomic E-state index is 6.97. The minimum atomic E-state index is 0.460. The fraction of sp³-hybridized carbons (Fsp3) is 0.958. The van der Waals surface area contributed by atoms with Crippen molar-refractivity contribution in [3.8, 4) is 0 Å². The van der Waals surface area contributed by atoms with E-state index in [-0.39, 0.29) is 0 Å². The molecule has 0 aromatic rings. The average Bonchev–Trinajstić information content (AvgIpc) is 2.97. The zero-order valence-corrected chi connectivity index (χ0v) is 18.9. The molecule has 0 aromatic carbocycles. The predicted molar refractivity (Wildman–Crippen MR) is 123 cm³/mol. The molecule has 152 valence electrons. The van der Waals surface area contributed by atoms with Gasteiger partial charge in [0.1, 0.15) is 0 Å². The molecule has 0 aliphatic heterocycles. The Balaban J connectivity index is 1.56. The fourth-order valence-electron chi connectivity index (χ4n) is 8.92. The van der Waals surface area contributed by atoms with Crippen molar-refractivity contribution in [1.29, 1.82) is 0 Å². The molecular formula is C24H42BNS. The number of rotatable bonds is 4. The van der Waals surface area contributed by atoms with Crippen LogP contribution in [0.5, 0.6) is 0 Å². The van der Waals surface area contributed by atoms with E-state index < -0.39 is 0 Å². The first kappa shape index (κ1) is 20.5. The van der Waals surface area contributed by atoms with E-state index in [9.17, 15) is 0 Å². The Kier molecular flexibility index (Phi) is 5.69. The molecule has 0 bridgehead atoms. The van der Waals surface area contributed by atoms with Gasteiger partial charge in [0, 0.05) is 0 Å². The van der Waals surface area contributed by atoms with Gasteiger partial charge in [0.15, 0.2) is 0 Å². The van der Waals surface area contributed by atoms with Crippen molar-refractivity contribution in [2.45, 2.75) is 97.4 Å². The first-order chi connectivity index (χ1) is 12.8. The molecule has 0 saturated heterocycles. The molecule has 0 radical (unpaired) electrons. The molecular weight excluding hydrogens is 345 g/mol. The first-order valence-electron chi connectivity index (χ1n) is 11.9. The van der Waals surface area contributed by atoms with E-state index in [1.54, 1.807) is 0 Å². The summed E-state index contributed by atoms with van der Waals surface area (Å²) in [5.41, 5.74) is 8.08. The second kappa shape index (κ2) is 7.49. The average molecular weight is 387 g/mol. The normalized spacial score (nSPS) is 50.4. The van der Waals surface area contributed by atoms with Crippen LogP contribution >= 0.6 is 12.6 Å². The summed E-state index contributed by atoms with van der Waals surface area (Å²) in [5, 5.41) is 0. The van der Waals surface area contributed by atoms with Crippen molar-refractivity contribution in [3.05, 3.63) is 0 Å². The number of nitrogens with two attached hydrogens (primary N) is 1. The van der Waals surface area contributed by atoms with Gasteiger partial charge in [-0.3, -0.25) is 0 Å². The number of thiol groups is 1. The van der Waals surface area contributed by atoms with E-state index >= 15 is 0 Å². The molecule has 0 spiro atoms. The van der Waals surface area contributed by atoms with Crippen LogP contribution in [0.3, 0.4) is 0 Å². The summed E-state index contributed by atoms with van der Waals surface area (Å²) in [7, 11) is 4.01. The minimum absolute atomic E-state index is 0.460. The molecule has 3 heteroatoms. The quantitative estimate of drug-likeness (QED) is 0.494. The molecule has 27 heavy (non-hydrogen) atoms. The fourth-order valence-corrected chi connectivity index (χ4v) is 9.05. The standard InChI is InChI=1S/C24H42BNS/c1-15(7-10-21(25)27)17-8-9-18-22-19(11-13-24(17,18)3)23(2)12-5-4-6-16(23)14-20(22)26/h15-20,22,25,27H,4-14,26H2,1-3H3. The Hall–Kier alpha value is 0.245. The Morgan fingerprint density at radius 1 is 1.07 bits per heavy atom. The van der Waals surface area contributed by atoms with E-state index in [2.05, 4.69) is 40.9 Å². The van der Waals surface area contributed by atoms with E-state index in [1.165, 1.54) is 64.2 Å². The van der Waals surface area contributed by atoms with Gasteiger partial charge < -0.3 is 0 Å². The van der Waals surface area contributed by atoms with Crippen LogP contribution in [-0.2, 0) is 0 Å². The Labute approximate surface area is 174 Å². The van der Waals surface area contributed by atoms with Crippen LogP contribution < -0.4 is 5.73 Å². The summed E-state index contributed by atoms with van der Waals surface area (Å²) in [5.74, 6) is 5.14. The molecule has 0 amide bonds. The SMILES string of the molecule is B=C(S)CCC(C)C1CCC2C3C(N)CC4CCCCC4(C)C3CCC12C. The molecule has 9 unspecified atom stereocenters. The summed E-state index contributed by atoms with van der Waals surface area (Å²) >= 11 is 4.44. The molecule has 0 heterocycles. The van der Waals surface area contributed by atoms with E-state index in [4.69, 9.17) is 5.73 Å². The van der Waals surface area contributed by atoms with Crippen LogP contribution in [0.4, 0.5) is 0 Å². The topological polar surface area (TPSA) is 26.0 Å². The molecule has 4 aliphatic rings. The van der Waals surface area contributed by atoms with E-state index in [0.29, 0.717) is 16.9 Å². The van der Waals surface area contributed by atoms with Crippen LogP contribution in [0.1, 0.15) is 91.4 Å². The van der Waals surface area contributed by atoms with Crippen molar-refractivity contribution in [2.24, 2.45) is 52.1 Å². The summed E-state index contributed by atoms with van der Waals surface area (Å²) < 4.78 is 0. The van der Waals surface area contributed by atoms with Gasteiger partial charge in [-0.2, -0.15) is 0 Å². The third kappa shape index (κ3) is 3.31. The van der Waals surface area contributed by atoms with E-state index in [0.717, 1.165) is 46.7 Å². The molecule has 4 aliphatic carbocycles. The van der Waals surface area contributed by atoms with Crippen molar-refractivity contribution in [2.75, 3.05) is 0 Å². The second-order valence-electron chi connectivity index (χ2n) is 11.4. The molecule has 1 nitrogen and oxygen atoms in total. The molecule has 4 fully saturated rings. The van der Waals surface area contributed by atoms with Crippen molar-refractivity contribution >= 4 is 24.9 Å². The van der Waals surface area contributed by atoms with Gasteiger partial charge >= 0.3 is 168 Å². The molecule has 2 N–H and O–H groups in total. The van der Waals surface area contributed by atoms with Crippen LogP contribution in [0.2, 0.25) is 0 Å². The van der Waals surface area contributed by atoms with Crippen molar-refractivity contribution < 1.29 is 0 Å². The van der Waals surface area contributed by atoms with Crippen LogP contribution in [0, 0.1) is 46.3 Å². The van der Waals surface area contributed by atoms with Crippen molar-refractivity contribution in [3.63, 3.8) is 0 Å². The third-order valence-electron chi connectivity index (χ3n) is 10.3. The second-order valence-corrected chi connectivity index (χ2v) is 12.1. The summed E-state index contributed by atoms with van der Waals surface area (Å²) in [6.07, 6.45) is 15.2. The molecule has 4 saturated carbocycles. The Morgan fingerprint density at radius 3 is 2.56 bits per heavy atom. The summed E-state index contributed by atoms with van der Waals surface area (Å²) in [6, 6.07) is 0.460. The van der Waals surface area contributed by atoms with E-state index in [1.807, 2.05) is 0 Å². The molecule has 4 rings (SSSR count). The predicted octanol–water partition coefficient (Wildman–Crippen LogP) is 5.35. The first-order valence-corrected chi connectivity index (χ1v) is 12.3. The molecule has 0 aromatic heterocycles. The summed E-state index contributed by atoms with van der Waals surface area (Å²) in [4.78, 5) is 1.05.